The summed E-state index contributed by atoms with van der Waals surface area (Å²) in [6, 6.07) is 14.0. The van der Waals surface area contributed by atoms with Crippen molar-refractivity contribution in [3.05, 3.63) is 66.2 Å². The molecule has 2 aromatic carbocycles. The van der Waals surface area contributed by atoms with Crippen LogP contribution in [0.5, 0.6) is 5.75 Å². The van der Waals surface area contributed by atoms with Crippen LogP contribution in [0.4, 0.5) is 11.4 Å². The van der Waals surface area contributed by atoms with E-state index in [0.29, 0.717) is 24.3 Å². The van der Waals surface area contributed by atoms with E-state index in [1.807, 2.05) is 43.3 Å². The minimum Gasteiger partial charge on any atom is -0.426 e. The van der Waals surface area contributed by atoms with Crippen LogP contribution in [0.3, 0.4) is 0 Å². The normalized spacial score (nSPS) is 24.4. The van der Waals surface area contributed by atoms with E-state index in [-0.39, 0.29) is 42.5 Å². The quantitative estimate of drug-likeness (QED) is 0.312. The predicted molar refractivity (Wildman–Crippen MR) is 122 cm³/mol. The number of imide groups is 1. The summed E-state index contributed by atoms with van der Waals surface area (Å²) >= 11 is 0. The minimum atomic E-state index is -0.559. The van der Waals surface area contributed by atoms with Gasteiger partial charge in [-0.15, -0.1) is 0 Å². The molecule has 3 amide bonds. The molecule has 1 aliphatic carbocycles. The fourth-order valence-corrected chi connectivity index (χ4v) is 4.76. The second-order valence-electron chi connectivity index (χ2n) is 8.82. The van der Waals surface area contributed by atoms with Crippen LogP contribution in [0, 0.1) is 24.7 Å². The number of hydrogen-bond acceptors (Lipinski definition) is 5. The van der Waals surface area contributed by atoms with E-state index in [1.54, 1.807) is 29.2 Å². The van der Waals surface area contributed by atoms with Gasteiger partial charge in [0.25, 0.3) is 0 Å². The lowest BCUT2D eigenvalue weighted by atomic mass is 9.85. The predicted octanol–water partition coefficient (Wildman–Crippen LogP) is 3.41. The Kier molecular flexibility index (Phi) is 5.32. The minimum absolute atomic E-state index is 0.0956. The van der Waals surface area contributed by atoms with Crippen molar-refractivity contribution in [2.24, 2.45) is 17.8 Å². The second kappa shape index (κ2) is 8.31. The first-order chi connectivity index (χ1) is 15.9. The van der Waals surface area contributed by atoms with Crippen molar-refractivity contribution in [1.82, 2.24) is 0 Å². The number of hydrogen-bond donors (Lipinski definition) is 0. The molecule has 7 heteroatoms. The van der Waals surface area contributed by atoms with Gasteiger partial charge in [0.05, 0.1) is 23.4 Å². The monoisotopic (exact) mass is 444 g/mol. The average Bonchev–Trinajstić information content (AvgIpc) is 3.33. The highest BCUT2D eigenvalue weighted by atomic mass is 16.5. The Hall–Kier alpha value is -3.74. The SMILES string of the molecule is Cc1ccc(N2C[C@H](C(=O)Oc3ccc(N4C(=O)[C@H]5CC=CC[C@H]5C4=O)cc3)CC2=O)cc1. The van der Waals surface area contributed by atoms with Gasteiger partial charge in [-0.3, -0.25) is 24.1 Å². The number of benzene rings is 2. The van der Waals surface area contributed by atoms with E-state index in [4.69, 9.17) is 4.74 Å². The van der Waals surface area contributed by atoms with Crippen molar-refractivity contribution in [2.75, 3.05) is 16.3 Å². The summed E-state index contributed by atoms with van der Waals surface area (Å²) in [5.41, 5.74) is 2.33. The molecule has 0 aromatic heterocycles. The van der Waals surface area contributed by atoms with Crippen LogP contribution in [0.1, 0.15) is 24.8 Å². The molecule has 0 unspecified atom stereocenters. The van der Waals surface area contributed by atoms with E-state index in [2.05, 4.69) is 0 Å². The maximum atomic E-state index is 12.7. The Morgan fingerprint density at radius 2 is 1.42 bits per heavy atom. The summed E-state index contributed by atoms with van der Waals surface area (Å²) in [7, 11) is 0. The molecule has 3 aliphatic rings. The molecule has 33 heavy (non-hydrogen) atoms. The Morgan fingerprint density at radius 3 is 2.03 bits per heavy atom. The molecule has 5 rings (SSSR count). The molecule has 3 atom stereocenters. The Bertz CT molecular complexity index is 1130. The average molecular weight is 444 g/mol. The van der Waals surface area contributed by atoms with E-state index < -0.39 is 11.9 Å². The van der Waals surface area contributed by atoms with Gasteiger partial charge in [0, 0.05) is 18.7 Å². The molecule has 0 bridgehead atoms. The molecule has 7 nitrogen and oxygen atoms in total. The number of aryl methyl sites for hydroxylation is 1. The highest BCUT2D eigenvalue weighted by Crippen LogP contribution is 2.38. The third kappa shape index (κ3) is 3.84. The van der Waals surface area contributed by atoms with Crippen LogP contribution in [-0.2, 0) is 19.2 Å². The molecular formula is C26H24N2O5. The zero-order valence-corrected chi connectivity index (χ0v) is 18.3. The number of esters is 1. The summed E-state index contributed by atoms with van der Waals surface area (Å²) in [5.74, 6) is -1.79. The van der Waals surface area contributed by atoms with Crippen molar-refractivity contribution in [3.63, 3.8) is 0 Å². The van der Waals surface area contributed by atoms with Gasteiger partial charge in [0.15, 0.2) is 0 Å². The van der Waals surface area contributed by atoms with Crippen LogP contribution in [0.2, 0.25) is 0 Å². The van der Waals surface area contributed by atoms with Crippen LogP contribution < -0.4 is 14.5 Å². The topological polar surface area (TPSA) is 84.0 Å². The lowest BCUT2D eigenvalue weighted by Gasteiger charge is -2.17. The number of anilines is 2. The third-order valence-electron chi connectivity index (χ3n) is 6.62. The van der Waals surface area contributed by atoms with Gasteiger partial charge in [0.2, 0.25) is 17.7 Å². The fraction of sp³-hybridized carbons (Fsp3) is 0.308. The standard InChI is InChI=1S/C26H24N2O5/c1-16-6-8-18(9-7-16)27-15-17(14-23(27)29)26(32)33-20-12-10-19(11-13-20)28-24(30)21-4-2-3-5-22(21)25(28)31/h2-3,6-13,17,21-22H,4-5,14-15H2,1H3/t17-,21-,22+/m1/s1. The molecule has 0 spiro atoms. The third-order valence-corrected chi connectivity index (χ3v) is 6.62. The van der Waals surface area contributed by atoms with Crippen LogP contribution in [-0.4, -0.2) is 30.2 Å². The maximum Gasteiger partial charge on any atom is 0.316 e. The summed E-state index contributed by atoms with van der Waals surface area (Å²) in [6.45, 7) is 2.24. The van der Waals surface area contributed by atoms with E-state index in [9.17, 15) is 19.2 Å². The number of amides is 3. The number of fused-ring (bicyclic) bond motifs is 1. The second-order valence-corrected chi connectivity index (χ2v) is 8.82. The molecule has 2 heterocycles. The number of ether oxygens (including phenoxy) is 1. The maximum absolute atomic E-state index is 12.7. The van der Waals surface area contributed by atoms with E-state index >= 15 is 0 Å². The van der Waals surface area contributed by atoms with Gasteiger partial charge < -0.3 is 9.64 Å². The van der Waals surface area contributed by atoms with Crippen molar-refractivity contribution in [3.8, 4) is 5.75 Å². The van der Waals surface area contributed by atoms with Crippen LogP contribution in [0.15, 0.2) is 60.7 Å². The van der Waals surface area contributed by atoms with E-state index in [1.165, 1.54) is 4.90 Å². The van der Waals surface area contributed by atoms with Gasteiger partial charge in [-0.25, -0.2) is 0 Å². The lowest BCUT2D eigenvalue weighted by Crippen LogP contribution is -2.30. The molecule has 0 N–H and O–H groups in total. The summed E-state index contributed by atoms with van der Waals surface area (Å²) < 4.78 is 5.50. The van der Waals surface area contributed by atoms with E-state index in [0.717, 1.165) is 11.3 Å². The molecular weight excluding hydrogens is 420 g/mol. The van der Waals surface area contributed by atoms with Gasteiger partial charge in [-0.05, 0) is 56.2 Å². The molecule has 0 saturated carbocycles. The van der Waals surface area contributed by atoms with Gasteiger partial charge >= 0.3 is 5.97 Å². The highest BCUT2D eigenvalue weighted by Gasteiger charge is 2.47. The van der Waals surface area contributed by atoms with Gasteiger partial charge in [-0.1, -0.05) is 29.8 Å². The molecule has 2 aromatic rings. The zero-order chi connectivity index (χ0) is 23.1. The van der Waals surface area contributed by atoms with Crippen molar-refractivity contribution in [1.29, 1.82) is 0 Å². The molecule has 2 fully saturated rings. The number of carbonyl (C=O) groups excluding carboxylic acids is 4. The largest absolute Gasteiger partial charge is 0.426 e. The molecule has 2 saturated heterocycles. The Morgan fingerprint density at radius 1 is 0.848 bits per heavy atom. The zero-order valence-electron chi connectivity index (χ0n) is 18.3. The number of rotatable bonds is 4. The van der Waals surface area contributed by atoms with Crippen LogP contribution in [0.25, 0.3) is 0 Å². The summed E-state index contributed by atoms with van der Waals surface area (Å²) in [6.07, 6.45) is 5.17. The van der Waals surface area contributed by atoms with Crippen LogP contribution >= 0.6 is 0 Å². The smallest absolute Gasteiger partial charge is 0.316 e. The van der Waals surface area contributed by atoms with Crippen molar-refractivity contribution in [2.45, 2.75) is 26.2 Å². The first kappa shape index (κ1) is 21.1. The van der Waals surface area contributed by atoms with Crippen molar-refractivity contribution < 1.29 is 23.9 Å². The van der Waals surface area contributed by atoms with Crippen molar-refractivity contribution >= 4 is 35.1 Å². The molecule has 168 valence electrons. The Balaban J connectivity index is 1.24. The van der Waals surface area contributed by atoms with Gasteiger partial charge in [-0.2, -0.15) is 0 Å². The lowest BCUT2D eigenvalue weighted by molar-refractivity contribution is -0.139. The number of allylic oxidation sites excluding steroid dienone is 2. The van der Waals surface area contributed by atoms with Gasteiger partial charge in [0.1, 0.15) is 5.75 Å². The number of nitrogens with zero attached hydrogens (tertiary/aromatic N) is 2. The first-order valence-corrected chi connectivity index (χ1v) is 11.1. The molecule has 0 radical (unpaired) electrons. The molecule has 2 aliphatic heterocycles. The summed E-state index contributed by atoms with van der Waals surface area (Å²) in [5, 5.41) is 0. The fourth-order valence-electron chi connectivity index (χ4n) is 4.76. The summed E-state index contributed by atoms with van der Waals surface area (Å²) in [4.78, 5) is 53.4. The number of carbonyl (C=O) groups is 4. The first-order valence-electron chi connectivity index (χ1n) is 11.1. The Labute approximate surface area is 191 Å². The highest BCUT2D eigenvalue weighted by molar-refractivity contribution is 6.22.